The first-order valence-electron chi connectivity index (χ1n) is 10.0. The first kappa shape index (κ1) is 18.2. The van der Waals surface area contributed by atoms with Crippen LogP contribution in [0.3, 0.4) is 0 Å². The summed E-state index contributed by atoms with van der Waals surface area (Å²) in [5.74, 6) is 0.0104. The highest BCUT2D eigenvalue weighted by Crippen LogP contribution is 2.30. The molecule has 27 heavy (non-hydrogen) atoms. The van der Waals surface area contributed by atoms with Gasteiger partial charge in [0.15, 0.2) is 0 Å². The molecule has 2 aromatic rings. The average molecular weight is 366 g/mol. The summed E-state index contributed by atoms with van der Waals surface area (Å²) in [6.45, 7) is 2.54. The normalized spacial score (nSPS) is 22.9. The van der Waals surface area contributed by atoms with E-state index in [1.165, 1.54) is 23.3 Å². The molecule has 0 aromatic heterocycles. The first-order chi connectivity index (χ1) is 13.2. The van der Waals surface area contributed by atoms with Gasteiger partial charge in [0.25, 0.3) is 0 Å². The molecule has 1 saturated heterocycles. The van der Waals surface area contributed by atoms with Crippen molar-refractivity contribution in [2.75, 3.05) is 13.1 Å². The van der Waals surface area contributed by atoms with Crippen molar-refractivity contribution in [3.8, 4) is 0 Å². The van der Waals surface area contributed by atoms with E-state index in [-0.39, 0.29) is 23.7 Å². The van der Waals surface area contributed by atoms with Gasteiger partial charge in [-0.25, -0.2) is 4.39 Å². The molecule has 1 aliphatic heterocycles. The lowest BCUT2D eigenvalue weighted by Gasteiger charge is -2.34. The van der Waals surface area contributed by atoms with Crippen molar-refractivity contribution in [1.29, 1.82) is 0 Å². The standard InChI is InChI=1S/C23H27FN2O/c24-20-12-10-17(11-13-20)15-26-14-4-7-19(16-26)23(27)25-22-9-3-6-18-5-1-2-8-21(18)22/h1-2,5,8,10-13,19,22H,3-4,6-7,9,14-16H2,(H,25,27)/t19-,22+/m1/s1. The molecule has 2 atom stereocenters. The summed E-state index contributed by atoms with van der Waals surface area (Å²) in [5, 5.41) is 3.32. The Labute approximate surface area is 160 Å². The van der Waals surface area contributed by atoms with Crippen molar-refractivity contribution in [2.24, 2.45) is 5.92 Å². The molecule has 0 unspecified atom stereocenters. The summed E-state index contributed by atoms with van der Waals surface area (Å²) in [5.41, 5.74) is 3.75. The molecular weight excluding hydrogens is 339 g/mol. The van der Waals surface area contributed by atoms with Crippen LogP contribution >= 0.6 is 0 Å². The van der Waals surface area contributed by atoms with Gasteiger partial charge in [-0.1, -0.05) is 36.4 Å². The van der Waals surface area contributed by atoms with Gasteiger partial charge in [0.05, 0.1) is 12.0 Å². The fraction of sp³-hybridized carbons (Fsp3) is 0.435. The van der Waals surface area contributed by atoms with Crippen LogP contribution in [0, 0.1) is 11.7 Å². The van der Waals surface area contributed by atoms with E-state index in [4.69, 9.17) is 0 Å². The zero-order valence-electron chi connectivity index (χ0n) is 15.7. The van der Waals surface area contributed by atoms with Crippen LogP contribution in [0.1, 0.15) is 48.4 Å². The molecule has 142 valence electrons. The Morgan fingerprint density at radius 3 is 2.74 bits per heavy atom. The largest absolute Gasteiger partial charge is 0.349 e. The van der Waals surface area contributed by atoms with Crippen molar-refractivity contribution in [3.63, 3.8) is 0 Å². The number of halogens is 1. The predicted octanol–water partition coefficient (Wildman–Crippen LogP) is 4.23. The van der Waals surface area contributed by atoms with Gasteiger partial charge in [-0.15, -0.1) is 0 Å². The number of nitrogens with zero attached hydrogens (tertiary/aromatic N) is 1. The summed E-state index contributed by atoms with van der Waals surface area (Å²) < 4.78 is 13.1. The van der Waals surface area contributed by atoms with Gasteiger partial charge >= 0.3 is 0 Å². The van der Waals surface area contributed by atoms with Gasteiger partial charge in [0, 0.05) is 13.1 Å². The smallest absolute Gasteiger partial charge is 0.224 e. The van der Waals surface area contributed by atoms with E-state index >= 15 is 0 Å². The summed E-state index contributed by atoms with van der Waals surface area (Å²) in [7, 11) is 0. The highest BCUT2D eigenvalue weighted by atomic mass is 19.1. The number of carbonyl (C=O) groups is 1. The lowest BCUT2D eigenvalue weighted by atomic mass is 9.87. The van der Waals surface area contributed by atoms with Crippen LogP contribution in [0.5, 0.6) is 0 Å². The van der Waals surface area contributed by atoms with Crippen molar-refractivity contribution < 1.29 is 9.18 Å². The van der Waals surface area contributed by atoms with E-state index < -0.39 is 0 Å². The van der Waals surface area contributed by atoms with E-state index in [0.717, 1.165) is 57.3 Å². The van der Waals surface area contributed by atoms with Gasteiger partial charge < -0.3 is 5.32 Å². The Morgan fingerprint density at radius 2 is 1.89 bits per heavy atom. The van der Waals surface area contributed by atoms with Crippen LogP contribution in [0.15, 0.2) is 48.5 Å². The number of rotatable bonds is 4. The van der Waals surface area contributed by atoms with E-state index in [9.17, 15) is 9.18 Å². The highest BCUT2D eigenvalue weighted by molar-refractivity contribution is 5.79. The maximum atomic E-state index is 13.1. The lowest BCUT2D eigenvalue weighted by Crippen LogP contribution is -2.44. The number of amides is 1. The SMILES string of the molecule is O=C(N[C@H]1CCCc2ccccc21)[C@@H]1CCCN(Cc2ccc(F)cc2)C1. The summed E-state index contributed by atoms with van der Waals surface area (Å²) in [4.78, 5) is 15.2. The molecule has 4 rings (SSSR count). The maximum Gasteiger partial charge on any atom is 0.224 e. The van der Waals surface area contributed by atoms with E-state index in [0.29, 0.717) is 0 Å². The minimum atomic E-state index is -0.206. The number of hydrogen-bond acceptors (Lipinski definition) is 2. The monoisotopic (exact) mass is 366 g/mol. The topological polar surface area (TPSA) is 32.3 Å². The minimum absolute atomic E-state index is 0.0355. The summed E-state index contributed by atoms with van der Waals surface area (Å²) in [6.07, 6.45) is 5.23. The van der Waals surface area contributed by atoms with E-state index in [1.54, 1.807) is 0 Å². The molecule has 1 aliphatic carbocycles. The van der Waals surface area contributed by atoms with Gasteiger partial charge in [-0.3, -0.25) is 9.69 Å². The van der Waals surface area contributed by atoms with Crippen LogP contribution in [0.4, 0.5) is 4.39 Å². The molecule has 1 heterocycles. The summed E-state index contributed by atoms with van der Waals surface area (Å²) >= 11 is 0. The molecule has 0 radical (unpaired) electrons. The number of benzene rings is 2. The Balaban J connectivity index is 1.37. The number of piperidine rings is 1. The van der Waals surface area contributed by atoms with Crippen molar-refractivity contribution in [2.45, 2.75) is 44.7 Å². The second-order valence-electron chi connectivity index (χ2n) is 7.85. The van der Waals surface area contributed by atoms with Crippen molar-refractivity contribution in [3.05, 3.63) is 71.0 Å². The predicted molar refractivity (Wildman–Crippen MR) is 105 cm³/mol. The molecule has 1 amide bonds. The number of fused-ring (bicyclic) bond motifs is 1. The van der Waals surface area contributed by atoms with E-state index in [1.807, 2.05) is 12.1 Å². The Hall–Kier alpha value is -2.20. The second-order valence-corrected chi connectivity index (χ2v) is 7.85. The van der Waals surface area contributed by atoms with Gasteiger partial charge in [0.2, 0.25) is 5.91 Å². The molecule has 2 aromatic carbocycles. The lowest BCUT2D eigenvalue weighted by molar-refractivity contribution is -0.127. The zero-order chi connectivity index (χ0) is 18.6. The third-order valence-electron chi connectivity index (χ3n) is 5.88. The third-order valence-corrected chi connectivity index (χ3v) is 5.88. The Bertz CT molecular complexity index is 789. The molecular formula is C23H27FN2O. The van der Waals surface area contributed by atoms with Crippen LogP contribution in [0.2, 0.25) is 0 Å². The van der Waals surface area contributed by atoms with Crippen molar-refractivity contribution in [1.82, 2.24) is 10.2 Å². The van der Waals surface area contributed by atoms with Gasteiger partial charge in [-0.05, 0) is 67.5 Å². The molecule has 3 nitrogen and oxygen atoms in total. The first-order valence-corrected chi connectivity index (χ1v) is 10.0. The molecule has 4 heteroatoms. The van der Waals surface area contributed by atoms with Crippen LogP contribution in [-0.2, 0) is 17.8 Å². The molecule has 0 bridgehead atoms. The number of aryl methyl sites for hydroxylation is 1. The number of hydrogen-bond donors (Lipinski definition) is 1. The van der Waals surface area contributed by atoms with Crippen LogP contribution in [0.25, 0.3) is 0 Å². The molecule has 0 spiro atoms. The fourth-order valence-corrected chi connectivity index (χ4v) is 4.45. The van der Waals surface area contributed by atoms with Gasteiger partial charge in [-0.2, -0.15) is 0 Å². The minimum Gasteiger partial charge on any atom is -0.349 e. The quantitative estimate of drug-likeness (QED) is 0.878. The van der Waals surface area contributed by atoms with Crippen molar-refractivity contribution >= 4 is 5.91 Å². The molecule has 0 saturated carbocycles. The highest BCUT2D eigenvalue weighted by Gasteiger charge is 2.29. The fourth-order valence-electron chi connectivity index (χ4n) is 4.45. The maximum absolute atomic E-state index is 13.1. The molecule has 1 N–H and O–H groups in total. The number of nitrogens with one attached hydrogen (secondary N) is 1. The Kier molecular flexibility index (Phi) is 5.53. The number of likely N-dealkylation sites (tertiary alicyclic amines) is 1. The second kappa shape index (κ2) is 8.22. The third kappa shape index (κ3) is 4.38. The number of carbonyl (C=O) groups excluding carboxylic acids is 1. The van der Waals surface area contributed by atoms with Crippen LogP contribution < -0.4 is 5.32 Å². The summed E-state index contributed by atoms with van der Waals surface area (Å²) in [6, 6.07) is 15.3. The van der Waals surface area contributed by atoms with E-state index in [2.05, 4.69) is 34.5 Å². The molecule has 2 aliphatic rings. The Morgan fingerprint density at radius 1 is 1.07 bits per heavy atom. The average Bonchev–Trinajstić information content (AvgIpc) is 2.70. The van der Waals surface area contributed by atoms with Crippen LogP contribution in [-0.4, -0.2) is 23.9 Å². The van der Waals surface area contributed by atoms with Gasteiger partial charge in [0.1, 0.15) is 5.82 Å². The zero-order valence-corrected chi connectivity index (χ0v) is 15.7. The molecule has 1 fully saturated rings.